The maximum absolute atomic E-state index is 11.5. The maximum atomic E-state index is 11.5. The molecule has 1 aliphatic heterocycles. The fraction of sp³-hybridized carbons (Fsp3) is 0.409. The Bertz CT molecular complexity index is 778. The van der Waals surface area contributed by atoms with Gasteiger partial charge in [-0.15, -0.1) is 0 Å². The topological polar surface area (TPSA) is 54.0 Å². The van der Waals surface area contributed by atoms with Crippen LogP contribution in [0.5, 0.6) is 5.75 Å². The summed E-state index contributed by atoms with van der Waals surface area (Å²) < 4.78 is 23.6. The molecule has 148 valence electrons. The summed E-state index contributed by atoms with van der Waals surface area (Å²) in [6, 6.07) is 15.5. The van der Waals surface area contributed by atoms with Crippen LogP contribution in [0.15, 0.2) is 48.5 Å². The highest BCUT2D eigenvalue weighted by Gasteiger charge is 2.46. The molecule has 2 aromatic carbocycles. The Morgan fingerprint density at radius 2 is 1.89 bits per heavy atom. The van der Waals surface area contributed by atoms with Gasteiger partial charge in [-0.25, -0.2) is 0 Å². The average molecular weight is 382 g/mol. The Hall–Kier alpha value is -2.15. The van der Waals surface area contributed by atoms with Crippen LogP contribution in [-0.2, 0) is 20.7 Å². The quantitative estimate of drug-likeness (QED) is 0.378. The first-order chi connectivity index (χ1) is 13.5. The molecule has 1 fully saturated rings. The second-order valence-corrected chi connectivity index (χ2v) is 7.45. The molecule has 0 aliphatic carbocycles. The first kappa shape index (κ1) is 20.6. The van der Waals surface area contributed by atoms with Crippen molar-refractivity contribution >= 4 is 18.9 Å². The van der Waals surface area contributed by atoms with Gasteiger partial charge in [0, 0.05) is 17.4 Å². The fourth-order valence-corrected chi connectivity index (χ4v) is 3.02. The van der Waals surface area contributed by atoms with E-state index in [9.17, 15) is 4.79 Å². The maximum Gasteiger partial charge on any atom is 0.499 e. The lowest BCUT2D eigenvalue weighted by Gasteiger charge is -2.21. The summed E-state index contributed by atoms with van der Waals surface area (Å²) in [6.45, 7) is 7.59. The number of ether oxygens (including phenoxy) is 2. The van der Waals surface area contributed by atoms with Gasteiger partial charge in [-0.3, -0.25) is 4.79 Å². The number of hydrogen-bond donors (Lipinski definition) is 0. The standard InChI is InChI=1S/C22H27BO5/c1-17-22(2,3)28-23(27-17)21-19(15-24)11-7-12-20(21)26-14-8-13-25-16-18-9-5-4-6-10-18/h4-7,9-12,15,17H,8,13-14,16H2,1-3H3. The number of carbonyl (C=O) groups is 1. The molecule has 0 N–H and O–H groups in total. The highest BCUT2D eigenvalue weighted by atomic mass is 16.7. The second-order valence-electron chi connectivity index (χ2n) is 7.45. The molecule has 2 aromatic rings. The third-order valence-electron chi connectivity index (χ3n) is 4.98. The predicted octanol–water partition coefficient (Wildman–Crippen LogP) is 3.39. The summed E-state index contributed by atoms with van der Waals surface area (Å²) in [5.41, 5.74) is 1.90. The van der Waals surface area contributed by atoms with Gasteiger partial charge in [-0.1, -0.05) is 42.5 Å². The van der Waals surface area contributed by atoms with Gasteiger partial charge in [0.2, 0.25) is 0 Å². The third kappa shape index (κ3) is 5.01. The molecule has 0 radical (unpaired) electrons. The lowest BCUT2D eigenvalue weighted by molar-refractivity contribution is 0.0842. The SMILES string of the molecule is CC1OB(c2c(C=O)cccc2OCCCOCc2ccccc2)OC1(C)C. The van der Waals surface area contributed by atoms with Crippen molar-refractivity contribution in [3.8, 4) is 5.75 Å². The largest absolute Gasteiger partial charge is 0.499 e. The zero-order chi connectivity index (χ0) is 20.0. The lowest BCUT2D eigenvalue weighted by Crippen LogP contribution is -2.38. The van der Waals surface area contributed by atoms with Crippen LogP contribution in [0.1, 0.15) is 43.1 Å². The van der Waals surface area contributed by atoms with E-state index in [0.29, 0.717) is 36.6 Å². The zero-order valence-corrected chi connectivity index (χ0v) is 16.7. The van der Waals surface area contributed by atoms with Gasteiger partial charge >= 0.3 is 7.12 Å². The first-order valence-electron chi connectivity index (χ1n) is 9.67. The molecule has 1 atom stereocenters. The molecule has 6 heteroatoms. The molecule has 0 bridgehead atoms. The van der Waals surface area contributed by atoms with Crippen LogP contribution < -0.4 is 10.2 Å². The van der Waals surface area contributed by atoms with E-state index in [0.717, 1.165) is 18.3 Å². The van der Waals surface area contributed by atoms with Crippen molar-refractivity contribution in [2.24, 2.45) is 0 Å². The molecule has 1 unspecified atom stereocenters. The van der Waals surface area contributed by atoms with Crippen molar-refractivity contribution in [2.45, 2.75) is 45.5 Å². The molecule has 1 aliphatic rings. The highest BCUT2D eigenvalue weighted by molar-refractivity contribution is 6.64. The molecule has 0 aromatic heterocycles. The van der Waals surface area contributed by atoms with Crippen molar-refractivity contribution in [3.05, 3.63) is 59.7 Å². The molecule has 0 amide bonds. The summed E-state index contributed by atoms with van der Waals surface area (Å²) in [5, 5.41) is 0. The van der Waals surface area contributed by atoms with E-state index in [-0.39, 0.29) is 6.10 Å². The van der Waals surface area contributed by atoms with Crippen molar-refractivity contribution in [1.82, 2.24) is 0 Å². The van der Waals surface area contributed by atoms with Crippen LogP contribution in [0.25, 0.3) is 0 Å². The van der Waals surface area contributed by atoms with Crippen LogP contribution in [-0.4, -0.2) is 38.3 Å². The van der Waals surface area contributed by atoms with Crippen molar-refractivity contribution in [2.75, 3.05) is 13.2 Å². The summed E-state index contributed by atoms with van der Waals surface area (Å²) in [4.78, 5) is 11.5. The van der Waals surface area contributed by atoms with Gasteiger partial charge in [0.1, 0.15) is 12.0 Å². The molecule has 1 heterocycles. The molecule has 0 spiro atoms. The number of benzene rings is 2. The molecule has 1 saturated heterocycles. The second kappa shape index (κ2) is 9.37. The normalized spacial score (nSPS) is 18.2. The van der Waals surface area contributed by atoms with Crippen LogP contribution in [0.2, 0.25) is 0 Å². The van der Waals surface area contributed by atoms with Crippen molar-refractivity contribution < 1.29 is 23.6 Å². The first-order valence-corrected chi connectivity index (χ1v) is 9.67. The molecule has 0 saturated carbocycles. The molecular weight excluding hydrogens is 355 g/mol. The number of carbonyl (C=O) groups excluding carboxylic acids is 1. The fourth-order valence-electron chi connectivity index (χ4n) is 3.02. The van der Waals surface area contributed by atoms with Gasteiger partial charge in [0.25, 0.3) is 0 Å². The van der Waals surface area contributed by atoms with Crippen molar-refractivity contribution in [3.63, 3.8) is 0 Å². The highest BCUT2D eigenvalue weighted by Crippen LogP contribution is 2.28. The summed E-state index contributed by atoms with van der Waals surface area (Å²) in [6.07, 6.45) is 1.47. The van der Waals surface area contributed by atoms with Crippen LogP contribution in [0.4, 0.5) is 0 Å². The summed E-state index contributed by atoms with van der Waals surface area (Å²) in [7, 11) is -0.615. The van der Waals surface area contributed by atoms with Gasteiger partial charge in [-0.2, -0.15) is 0 Å². The zero-order valence-electron chi connectivity index (χ0n) is 16.7. The average Bonchev–Trinajstić information content (AvgIpc) is 2.97. The Morgan fingerprint density at radius 3 is 2.57 bits per heavy atom. The summed E-state index contributed by atoms with van der Waals surface area (Å²) in [5.74, 6) is 0.613. The smallest absolute Gasteiger partial charge is 0.494 e. The minimum absolute atomic E-state index is 0.0866. The van der Waals surface area contributed by atoms with E-state index in [1.807, 2.05) is 57.2 Å². The van der Waals surface area contributed by atoms with Crippen molar-refractivity contribution in [1.29, 1.82) is 0 Å². The van der Waals surface area contributed by atoms with E-state index in [4.69, 9.17) is 18.8 Å². The Morgan fingerprint density at radius 1 is 1.11 bits per heavy atom. The Kier molecular flexibility index (Phi) is 6.89. The van der Waals surface area contributed by atoms with Gasteiger partial charge < -0.3 is 18.8 Å². The third-order valence-corrected chi connectivity index (χ3v) is 4.98. The van der Waals surface area contributed by atoms with Gasteiger partial charge in [-0.05, 0) is 32.4 Å². The molecule has 5 nitrogen and oxygen atoms in total. The molecular formula is C22H27BO5. The Balaban J connectivity index is 1.56. The van der Waals surface area contributed by atoms with E-state index >= 15 is 0 Å². The Labute approximate surface area is 167 Å². The van der Waals surface area contributed by atoms with Crippen LogP contribution in [0.3, 0.4) is 0 Å². The van der Waals surface area contributed by atoms with E-state index in [1.165, 1.54) is 0 Å². The van der Waals surface area contributed by atoms with Crippen LogP contribution in [0, 0.1) is 0 Å². The predicted molar refractivity (Wildman–Crippen MR) is 109 cm³/mol. The van der Waals surface area contributed by atoms with Crippen LogP contribution >= 0.6 is 0 Å². The molecule has 28 heavy (non-hydrogen) atoms. The summed E-state index contributed by atoms with van der Waals surface area (Å²) >= 11 is 0. The van der Waals surface area contributed by atoms with E-state index in [1.54, 1.807) is 12.1 Å². The number of rotatable bonds is 9. The lowest BCUT2D eigenvalue weighted by atomic mass is 9.75. The van der Waals surface area contributed by atoms with Gasteiger partial charge in [0.15, 0.2) is 0 Å². The van der Waals surface area contributed by atoms with E-state index < -0.39 is 12.7 Å². The number of aldehydes is 1. The monoisotopic (exact) mass is 382 g/mol. The minimum atomic E-state index is -0.615. The van der Waals surface area contributed by atoms with E-state index in [2.05, 4.69) is 0 Å². The molecule has 3 rings (SSSR count). The number of hydrogen-bond acceptors (Lipinski definition) is 5. The minimum Gasteiger partial charge on any atom is -0.494 e. The van der Waals surface area contributed by atoms with Gasteiger partial charge in [0.05, 0.1) is 31.5 Å².